The average molecular weight is 552 g/mol. The van der Waals surface area contributed by atoms with E-state index in [9.17, 15) is 13.9 Å². The number of aromatic nitrogens is 4. The van der Waals surface area contributed by atoms with E-state index in [0.717, 1.165) is 70.5 Å². The van der Waals surface area contributed by atoms with Crippen molar-refractivity contribution >= 4 is 28.7 Å². The summed E-state index contributed by atoms with van der Waals surface area (Å²) >= 11 is 0. The van der Waals surface area contributed by atoms with E-state index in [2.05, 4.69) is 31.7 Å². The number of likely N-dealkylation sites (tertiary alicyclic amines) is 1. The second kappa shape index (κ2) is 11.7. The Morgan fingerprint density at radius 3 is 2.42 bits per heavy atom. The first-order valence-electron chi connectivity index (χ1n) is 14.8. The van der Waals surface area contributed by atoms with Gasteiger partial charge in [-0.15, -0.1) is 0 Å². The Morgan fingerprint density at radius 1 is 0.950 bits per heavy atom. The van der Waals surface area contributed by atoms with Gasteiger partial charge < -0.3 is 20.6 Å². The van der Waals surface area contributed by atoms with Gasteiger partial charge in [-0.05, 0) is 88.7 Å². The van der Waals surface area contributed by atoms with Gasteiger partial charge in [0.25, 0.3) is 0 Å². The molecule has 3 aromatic rings. The third-order valence-electron chi connectivity index (χ3n) is 8.94. The lowest BCUT2D eigenvalue weighted by Gasteiger charge is -2.38. The molecule has 2 saturated carbocycles. The van der Waals surface area contributed by atoms with E-state index in [4.69, 9.17) is 9.97 Å². The highest BCUT2D eigenvalue weighted by atomic mass is 19.1. The molecule has 0 spiro atoms. The Morgan fingerprint density at radius 2 is 1.70 bits per heavy atom. The molecule has 0 radical (unpaired) electrons. The molecule has 214 valence electrons. The van der Waals surface area contributed by atoms with E-state index in [1.165, 1.54) is 37.1 Å². The second-order valence-electron chi connectivity index (χ2n) is 11.7. The molecule has 10 heteroatoms. The molecule has 0 bridgehead atoms. The second-order valence-corrected chi connectivity index (χ2v) is 11.7. The van der Waals surface area contributed by atoms with Crippen molar-refractivity contribution in [3.05, 3.63) is 48.3 Å². The Hall–Kier alpha value is -3.27. The monoisotopic (exact) mass is 551 g/mol. The van der Waals surface area contributed by atoms with Crippen molar-refractivity contribution in [1.82, 2.24) is 24.4 Å². The quantitative estimate of drug-likeness (QED) is 0.318. The van der Waals surface area contributed by atoms with Gasteiger partial charge in [0, 0.05) is 36.9 Å². The topological polar surface area (TPSA) is 91.1 Å². The Bertz CT molecular complexity index is 1340. The minimum absolute atomic E-state index is 0.119. The number of nitrogens with one attached hydrogen (secondary N) is 2. The van der Waals surface area contributed by atoms with Crippen LogP contribution in [0.25, 0.3) is 11.2 Å². The summed E-state index contributed by atoms with van der Waals surface area (Å²) in [5, 5.41) is 16.4. The minimum Gasteiger partial charge on any atom is -0.393 e. The molecule has 6 rings (SSSR count). The number of hydrogen-bond donors (Lipinski definition) is 3. The Balaban J connectivity index is 1.27. The maximum Gasteiger partial charge on any atom is 0.224 e. The van der Waals surface area contributed by atoms with Gasteiger partial charge in [0.05, 0.1) is 18.0 Å². The van der Waals surface area contributed by atoms with Gasteiger partial charge in [0.2, 0.25) is 11.9 Å². The van der Waals surface area contributed by atoms with Crippen molar-refractivity contribution in [2.75, 3.05) is 23.7 Å². The van der Waals surface area contributed by atoms with Gasteiger partial charge in [-0.2, -0.15) is 4.98 Å². The molecule has 1 aliphatic heterocycles. The van der Waals surface area contributed by atoms with Gasteiger partial charge in [-0.1, -0.05) is 6.58 Å². The van der Waals surface area contributed by atoms with Crippen molar-refractivity contribution in [3.63, 3.8) is 0 Å². The lowest BCUT2D eigenvalue weighted by molar-refractivity contribution is 0.126. The van der Waals surface area contributed by atoms with E-state index in [0.29, 0.717) is 29.0 Å². The number of aliphatic hydroxyl groups is 1. The Kier molecular flexibility index (Phi) is 7.87. The molecule has 3 heterocycles. The minimum atomic E-state index is -0.673. The molecule has 1 aromatic carbocycles. The highest BCUT2D eigenvalue weighted by molar-refractivity contribution is 5.76. The standard InChI is InChI=1S/C30H39F2N7O/c1-19(38-15-3-2-4-16-38)20-5-10-23(11-6-20)39-28-27(36-30(39)35-26-14-7-21(31)17-25(26)32)18-33-29(37-28)34-22-8-12-24(40)13-9-22/h7,14,17-18,20,22-24,40H,1-6,8-13,15-16H2,(H,35,36)(H,33,34,37). The van der Waals surface area contributed by atoms with Gasteiger partial charge in [-0.3, -0.25) is 4.57 Å². The lowest BCUT2D eigenvalue weighted by Crippen LogP contribution is -2.33. The Labute approximate surface area is 233 Å². The molecule has 2 aromatic heterocycles. The summed E-state index contributed by atoms with van der Waals surface area (Å²) in [6.45, 7) is 6.69. The zero-order chi connectivity index (χ0) is 27.6. The maximum absolute atomic E-state index is 14.6. The summed E-state index contributed by atoms with van der Waals surface area (Å²) in [5.74, 6) is 0.171. The molecule has 3 fully saturated rings. The SMILES string of the molecule is C=C(C1CCC(n2c(Nc3ccc(F)cc3F)nc3cnc(NC4CCC(O)CC4)nc32)CC1)N1CCCCC1. The average Bonchev–Trinajstić information content (AvgIpc) is 3.33. The fraction of sp³-hybridized carbons (Fsp3) is 0.567. The van der Waals surface area contributed by atoms with Crippen LogP contribution >= 0.6 is 0 Å². The smallest absolute Gasteiger partial charge is 0.224 e. The van der Waals surface area contributed by atoms with Gasteiger partial charge >= 0.3 is 0 Å². The first kappa shape index (κ1) is 26.9. The largest absolute Gasteiger partial charge is 0.393 e. The van der Waals surface area contributed by atoms with E-state index in [1.807, 2.05) is 0 Å². The van der Waals surface area contributed by atoms with Crippen LogP contribution in [-0.2, 0) is 0 Å². The van der Waals surface area contributed by atoms with Crippen molar-refractivity contribution < 1.29 is 13.9 Å². The van der Waals surface area contributed by atoms with Crippen LogP contribution in [0.3, 0.4) is 0 Å². The number of halogens is 2. The zero-order valence-electron chi connectivity index (χ0n) is 23.0. The third-order valence-corrected chi connectivity index (χ3v) is 8.94. The predicted octanol–water partition coefficient (Wildman–Crippen LogP) is 6.29. The highest BCUT2D eigenvalue weighted by Crippen LogP contribution is 2.40. The zero-order valence-corrected chi connectivity index (χ0v) is 23.0. The van der Waals surface area contributed by atoms with Crippen LogP contribution in [0.5, 0.6) is 0 Å². The van der Waals surface area contributed by atoms with Gasteiger partial charge in [-0.25, -0.2) is 18.7 Å². The molecule has 3 aliphatic rings. The van der Waals surface area contributed by atoms with E-state index in [1.54, 1.807) is 6.20 Å². The first-order chi connectivity index (χ1) is 19.4. The number of hydrogen-bond acceptors (Lipinski definition) is 7. The van der Waals surface area contributed by atoms with Crippen molar-refractivity contribution in [2.45, 2.75) is 88.8 Å². The van der Waals surface area contributed by atoms with Crippen molar-refractivity contribution in [1.29, 1.82) is 0 Å². The predicted molar refractivity (Wildman–Crippen MR) is 152 cm³/mol. The van der Waals surface area contributed by atoms with Crippen LogP contribution in [-0.4, -0.2) is 54.8 Å². The number of imidazole rings is 1. The summed E-state index contributed by atoms with van der Waals surface area (Å²) in [6.07, 6.45) is 12.4. The van der Waals surface area contributed by atoms with Crippen LogP contribution in [0.2, 0.25) is 0 Å². The first-order valence-corrected chi connectivity index (χ1v) is 14.8. The molecule has 2 aliphatic carbocycles. The van der Waals surface area contributed by atoms with Crippen LogP contribution < -0.4 is 10.6 Å². The number of piperidine rings is 1. The molecular formula is C30H39F2N7O. The number of anilines is 3. The summed E-state index contributed by atoms with van der Waals surface area (Å²) in [4.78, 5) is 16.6. The van der Waals surface area contributed by atoms with Crippen molar-refractivity contribution in [3.8, 4) is 0 Å². The van der Waals surface area contributed by atoms with Crippen LogP contribution in [0.4, 0.5) is 26.4 Å². The van der Waals surface area contributed by atoms with Crippen LogP contribution in [0.1, 0.15) is 76.7 Å². The molecule has 3 N–H and O–H groups in total. The summed E-state index contributed by atoms with van der Waals surface area (Å²) in [7, 11) is 0. The summed E-state index contributed by atoms with van der Waals surface area (Å²) < 4.78 is 30.3. The molecule has 8 nitrogen and oxygen atoms in total. The molecule has 0 amide bonds. The van der Waals surface area contributed by atoms with Crippen LogP contribution in [0, 0.1) is 17.6 Å². The number of allylic oxidation sites excluding steroid dienone is 1. The lowest BCUT2D eigenvalue weighted by atomic mass is 9.83. The molecular weight excluding hydrogens is 512 g/mol. The number of fused-ring (bicyclic) bond motifs is 1. The van der Waals surface area contributed by atoms with E-state index < -0.39 is 11.6 Å². The molecule has 0 unspecified atom stereocenters. The fourth-order valence-electron chi connectivity index (χ4n) is 6.62. The number of nitrogens with zero attached hydrogens (tertiary/aromatic N) is 5. The fourth-order valence-corrected chi connectivity index (χ4v) is 6.62. The molecule has 40 heavy (non-hydrogen) atoms. The number of rotatable bonds is 7. The molecule has 0 atom stereocenters. The van der Waals surface area contributed by atoms with Gasteiger partial charge in [0.1, 0.15) is 17.2 Å². The highest BCUT2D eigenvalue weighted by Gasteiger charge is 2.30. The molecule has 1 saturated heterocycles. The van der Waals surface area contributed by atoms with E-state index >= 15 is 0 Å². The third kappa shape index (κ3) is 5.77. The van der Waals surface area contributed by atoms with Gasteiger partial charge in [0.15, 0.2) is 5.65 Å². The van der Waals surface area contributed by atoms with Crippen LogP contribution in [0.15, 0.2) is 36.7 Å². The van der Waals surface area contributed by atoms with Crippen molar-refractivity contribution in [2.24, 2.45) is 5.92 Å². The number of aliphatic hydroxyl groups excluding tert-OH is 1. The summed E-state index contributed by atoms with van der Waals surface area (Å²) in [5.41, 5.74) is 2.75. The van der Waals surface area contributed by atoms with E-state index in [-0.39, 0.29) is 23.9 Å². The maximum atomic E-state index is 14.6. The normalized spacial score (nSPS) is 25.6. The number of benzene rings is 1. The summed E-state index contributed by atoms with van der Waals surface area (Å²) in [6, 6.07) is 3.83.